The summed E-state index contributed by atoms with van der Waals surface area (Å²) in [5, 5.41) is 10.6. The first-order valence-corrected chi connectivity index (χ1v) is 7.10. The van der Waals surface area contributed by atoms with Crippen LogP contribution in [-0.4, -0.2) is 13.3 Å². The van der Waals surface area contributed by atoms with Crippen molar-refractivity contribution in [1.82, 2.24) is 0 Å². The third-order valence-corrected chi connectivity index (χ3v) is 4.05. The average Bonchev–Trinajstić information content (AvgIpc) is 2.40. The van der Waals surface area contributed by atoms with E-state index in [0.29, 0.717) is 0 Å². The number of nitrogens with two attached hydrogens (primary N) is 1. The van der Waals surface area contributed by atoms with Crippen LogP contribution in [0.2, 0.25) is 0 Å². The number of nitrogen functional groups attached to an aromatic ring is 1. The molecule has 0 fully saturated rings. The van der Waals surface area contributed by atoms with Gasteiger partial charge in [-0.05, 0) is 30.3 Å². The number of sulfonamides is 1. The number of hydrogen-bond acceptors (Lipinski definition) is 5. The second-order valence-electron chi connectivity index (χ2n) is 4.09. The van der Waals surface area contributed by atoms with Crippen molar-refractivity contribution in [3.05, 3.63) is 58.4 Å². The Bertz CT molecular complexity index is 791. The fraction of sp³-hybridized carbons (Fsp3) is 0. The largest absolute Gasteiger partial charge is 0.397 e. The van der Waals surface area contributed by atoms with E-state index in [-0.39, 0.29) is 22.0 Å². The van der Waals surface area contributed by atoms with E-state index in [1.54, 1.807) is 0 Å². The number of anilines is 2. The van der Waals surface area contributed by atoms with E-state index < -0.39 is 20.8 Å². The number of nitrogens with one attached hydrogen (secondary N) is 1. The average molecular weight is 311 g/mol. The Labute approximate surface area is 119 Å². The van der Waals surface area contributed by atoms with E-state index in [0.717, 1.165) is 30.3 Å². The Balaban J connectivity index is 2.35. The summed E-state index contributed by atoms with van der Waals surface area (Å²) >= 11 is 0. The maximum atomic E-state index is 12.8. The summed E-state index contributed by atoms with van der Waals surface area (Å²) in [5.74, 6) is -0.507. The Morgan fingerprint density at radius 2 is 1.76 bits per heavy atom. The smallest absolute Gasteiger partial charge is 0.271 e. The number of nitro benzene ring substituents is 1. The molecule has 0 aliphatic rings. The van der Waals surface area contributed by atoms with Gasteiger partial charge >= 0.3 is 0 Å². The van der Waals surface area contributed by atoms with Crippen LogP contribution in [0.25, 0.3) is 0 Å². The quantitative estimate of drug-likeness (QED) is 0.510. The van der Waals surface area contributed by atoms with Crippen molar-refractivity contribution >= 4 is 27.1 Å². The lowest BCUT2D eigenvalue weighted by Crippen LogP contribution is -2.15. The number of rotatable bonds is 4. The summed E-state index contributed by atoms with van der Waals surface area (Å²) in [5.41, 5.74) is 5.12. The van der Waals surface area contributed by atoms with Crippen molar-refractivity contribution in [2.75, 3.05) is 10.5 Å². The fourth-order valence-electron chi connectivity index (χ4n) is 1.62. The first kappa shape index (κ1) is 14.7. The van der Waals surface area contributed by atoms with Crippen LogP contribution in [0.5, 0.6) is 0 Å². The molecule has 21 heavy (non-hydrogen) atoms. The van der Waals surface area contributed by atoms with E-state index in [1.165, 1.54) is 12.1 Å². The van der Waals surface area contributed by atoms with Gasteiger partial charge in [-0.15, -0.1) is 0 Å². The van der Waals surface area contributed by atoms with E-state index in [1.807, 2.05) is 0 Å². The van der Waals surface area contributed by atoms with Crippen LogP contribution in [0, 0.1) is 15.9 Å². The number of nitrogens with zero attached hydrogens (tertiary/aromatic N) is 1. The molecule has 0 aliphatic carbocycles. The zero-order chi connectivity index (χ0) is 15.6. The third-order valence-electron chi connectivity index (χ3n) is 2.59. The summed E-state index contributed by atoms with van der Waals surface area (Å²) in [6, 6.07) is 7.71. The van der Waals surface area contributed by atoms with Crippen LogP contribution in [-0.2, 0) is 10.0 Å². The highest BCUT2D eigenvalue weighted by Crippen LogP contribution is 2.25. The molecule has 0 spiro atoms. The lowest BCUT2D eigenvalue weighted by atomic mass is 10.3. The molecule has 0 saturated carbocycles. The Morgan fingerprint density at radius 1 is 1.14 bits per heavy atom. The molecule has 2 rings (SSSR count). The second-order valence-corrected chi connectivity index (χ2v) is 5.74. The van der Waals surface area contributed by atoms with Crippen LogP contribution in [0.15, 0.2) is 47.4 Å². The highest BCUT2D eigenvalue weighted by atomic mass is 32.2. The number of hydrogen-bond donors (Lipinski definition) is 2. The highest BCUT2D eigenvalue weighted by molar-refractivity contribution is 7.92. The minimum atomic E-state index is -4.02. The van der Waals surface area contributed by atoms with E-state index >= 15 is 0 Å². The molecule has 0 unspecified atom stereocenters. The Kier molecular flexibility index (Phi) is 3.76. The summed E-state index contributed by atoms with van der Waals surface area (Å²) in [7, 11) is -4.02. The van der Waals surface area contributed by atoms with Gasteiger partial charge in [0.1, 0.15) is 10.7 Å². The predicted molar refractivity (Wildman–Crippen MR) is 74.7 cm³/mol. The molecule has 0 atom stereocenters. The molecule has 0 saturated heterocycles. The molecule has 0 aliphatic heterocycles. The fourth-order valence-corrected chi connectivity index (χ4v) is 2.79. The highest BCUT2D eigenvalue weighted by Gasteiger charge is 2.20. The number of non-ortho nitro benzene ring substituents is 1. The summed E-state index contributed by atoms with van der Waals surface area (Å²) in [6.07, 6.45) is 0. The van der Waals surface area contributed by atoms with Crippen molar-refractivity contribution in [1.29, 1.82) is 0 Å². The number of benzene rings is 2. The van der Waals surface area contributed by atoms with Gasteiger partial charge in [0, 0.05) is 17.8 Å². The molecule has 110 valence electrons. The van der Waals surface area contributed by atoms with Crippen LogP contribution in [0.1, 0.15) is 0 Å². The molecule has 7 nitrogen and oxygen atoms in total. The molecule has 0 heterocycles. The lowest BCUT2D eigenvalue weighted by Gasteiger charge is -2.10. The monoisotopic (exact) mass is 311 g/mol. The first-order valence-electron chi connectivity index (χ1n) is 5.62. The molecule has 0 aromatic heterocycles. The molecule has 3 N–H and O–H groups in total. The molecule has 0 radical (unpaired) electrons. The summed E-state index contributed by atoms with van der Waals surface area (Å²) in [6.45, 7) is 0. The second kappa shape index (κ2) is 5.37. The van der Waals surface area contributed by atoms with Crippen molar-refractivity contribution in [3.63, 3.8) is 0 Å². The normalized spacial score (nSPS) is 11.1. The molecule has 0 amide bonds. The van der Waals surface area contributed by atoms with Crippen molar-refractivity contribution in [2.24, 2.45) is 0 Å². The number of halogens is 1. The third kappa shape index (κ3) is 3.26. The van der Waals surface area contributed by atoms with Gasteiger partial charge in [0.25, 0.3) is 15.7 Å². The summed E-state index contributed by atoms with van der Waals surface area (Å²) in [4.78, 5) is 9.61. The van der Waals surface area contributed by atoms with Crippen LogP contribution in [0.3, 0.4) is 0 Å². The maximum Gasteiger partial charge on any atom is 0.271 e. The van der Waals surface area contributed by atoms with Crippen molar-refractivity contribution in [2.45, 2.75) is 4.90 Å². The standard InChI is InChI=1S/C12H10FN3O4S/c13-8-1-3-9(4-2-8)15-21(19,20)12-6-5-10(16(17)18)7-11(12)14/h1-7,15H,14H2. The minimum Gasteiger partial charge on any atom is -0.397 e. The minimum absolute atomic E-state index is 0.147. The number of nitro groups is 1. The Morgan fingerprint density at radius 3 is 2.29 bits per heavy atom. The van der Waals surface area contributed by atoms with Gasteiger partial charge < -0.3 is 5.73 Å². The summed E-state index contributed by atoms with van der Waals surface area (Å²) < 4.78 is 39.2. The van der Waals surface area contributed by atoms with Crippen LogP contribution in [0.4, 0.5) is 21.5 Å². The van der Waals surface area contributed by atoms with E-state index in [4.69, 9.17) is 5.73 Å². The van der Waals surface area contributed by atoms with Crippen LogP contribution >= 0.6 is 0 Å². The molecule has 0 bridgehead atoms. The van der Waals surface area contributed by atoms with Gasteiger partial charge in [-0.2, -0.15) is 0 Å². The molecular formula is C12H10FN3O4S. The SMILES string of the molecule is Nc1cc([N+](=O)[O-])ccc1S(=O)(=O)Nc1ccc(F)cc1. The van der Waals surface area contributed by atoms with Gasteiger partial charge in [-0.25, -0.2) is 12.8 Å². The van der Waals surface area contributed by atoms with Crippen molar-refractivity contribution in [3.8, 4) is 0 Å². The first-order chi connectivity index (χ1) is 9.79. The Hall–Kier alpha value is -2.68. The van der Waals surface area contributed by atoms with Gasteiger partial charge in [-0.1, -0.05) is 0 Å². The maximum absolute atomic E-state index is 12.8. The molecule has 9 heteroatoms. The zero-order valence-electron chi connectivity index (χ0n) is 10.5. The van der Waals surface area contributed by atoms with Gasteiger partial charge in [0.05, 0.1) is 10.6 Å². The molecule has 2 aromatic carbocycles. The predicted octanol–water partition coefficient (Wildman–Crippen LogP) is 2.12. The molecular weight excluding hydrogens is 301 g/mol. The van der Waals surface area contributed by atoms with E-state index in [2.05, 4.69) is 4.72 Å². The van der Waals surface area contributed by atoms with Crippen molar-refractivity contribution < 1.29 is 17.7 Å². The van der Waals surface area contributed by atoms with Gasteiger partial charge in [0.15, 0.2) is 0 Å². The topological polar surface area (TPSA) is 115 Å². The molecule has 2 aromatic rings. The van der Waals surface area contributed by atoms with Gasteiger partial charge in [-0.3, -0.25) is 14.8 Å². The van der Waals surface area contributed by atoms with Crippen LogP contribution < -0.4 is 10.5 Å². The zero-order valence-corrected chi connectivity index (χ0v) is 11.3. The van der Waals surface area contributed by atoms with Gasteiger partial charge in [0.2, 0.25) is 0 Å². The van der Waals surface area contributed by atoms with E-state index in [9.17, 15) is 22.9 Å². The lowest BCUT2D eigenvalue weighted by molar-refractivity contribution is -0.384.